The Morgan fingerprint density at radius 1 is 1.18 bits per heavy atom. The lowest BCUT2D eigenvalue weighted by molar-refractivity contribution is 0.0743. The molecule has 0 spiro atoms. The van der Waals surface area contributed by atoms with E-state index in [1.54, 1.807) is 18.2 Å². The van der Waals surface area contributed by atoms with Crippen LogP contribution in [0.4, 0.5) is 0 Å². The first-order valence-electron chi connectivity index (χ1n) is 4.75. The summed E-state index contributed by atoms with van der Waals surface area (Å²) in [6, 6.07) is 10.3. The minimum atomic E-state index is -3.81. The highest BCUT2D eigenvalue weighted by Gasteiger charge is 2.15. The van der Waals surface area contributed by atoms with Gasteiger partial charge in [-0.25, -0.2) is 9.78 Å². The first-order valence-corrected chi connectivity index (χ1v) is 6.57. The second-order valence-corrected chi connectivity index (χ2v) is 5.04. The lowest BCUT2D eigenvalue weighted by atomic mass is 10.2. The van der Waals surface area contributed by atoms with Gasteiger partial charge in [0, 0.05) is 5.39 Å². The van der Waals surface area contributed by atoms with Gasteiger partial charge < -0.3 is 4.18 Å². The van der Waals surface area contributed by atoms with Crippen molar-refractivity contribution in [2.24, 2.45) is 0 Å². The maximum Gasteiger partial charge on any atom is 0.372 e. The predicted molar refractivity (Wildman–Crippen MR) is 62.0 cm³/mol. The molecule has 0 aliphatic heterocycles. The molecule has 17 heavy (non-hydrogen) atoms. The Bertz CT molecular complexity index is 679. The normalized spacial score (nSPS) is 11.4. The summed E-state index contributed by atoms with van der Waals surface area (Å²) in [7, 11) is -3.81. The van der Waals surface area contributed by atoms with Crippen LogP contribution in [0.1, 0.15) is 10.5 Å². The van der Waals surface area contributed by atoms with Crippen molar-refractivity contribution in [1.82, 2.24) is 4.98 Å². The van der Waals surface area contributed by atoms with Crippen molar-refractivity contribution in [2.75, 3.05) is 6.26 Å². The first kappa shape index (κ1) is 11.5. The quantitative estimate of drug-likeness (QED) is 0.753. The van der Waals surface area contributed by atoms with E-state index in [1.165, 1.54) is 6.07 Å². The Kier molecular flexibility index (Phi) is 2.81. The molecule has 6 heteroatoms. The van der Waals surface area contributed by atoms with Gasteiger partial charge in [0.05, 0.1) is 11.8 Å². The van der Waals surface area contributed by atoms with Crippen LogP contribution in [-0.4, -0.2) is 25.6 Å². The third-order valence-corrected chi connectivity index (χ3v) is 2.49. The van der Waals surface area contributed by atoms with Crippen molar-refractivity contribution in [3.8, 4) is 0 Å². The van der Waals surface area contributed by atoms with Crippen molar-refractivity contribution in [3.05, 3.63) is 42.1 Å². The number of hydrogen-bond acceptors (Lipinski definition) is 5. The standard InChI is InChI=1S/C11H9NO4S/c1-17(14,15)16-11(13)10-7-6-8-4-2-3-5-9(8)12-10/h2-7H,1H3. The maximum atomic E-state index is 11.4. The molecule has 0 fully saturated rings. The molecule has 0 aliphatic rings. The van der Waals surface area contributed by atoms with Crippen LogP contribution >= 0.6 is 0 Å². The van der Waals surface area contributed by atoms with Crippen LogP contribution in [0.3, 0.4) is 0 Å². The molecule has 0 aliphatic carbocycles. The molecule has 1 aromatic carbocycles. The van der Waals surface area contributed by atoms with Crippen molar-refractivity contribution < 1.29 is 17.4 Å². The molecular weight excluding hydrogens is 242 g/mol. The van der Waals surface area contributed by atoms with Crippen LogP contribution in [0.25, 0.3) is 10.9 Å². The van der Waals surface area contributed by atoms with E-state index in [-0.39, 0.29) is 5.69 Å². The molecule has 0 saturated heterocycles. The Labute approximate surface area is 98.2 Å². The Morgan fingerprint density at radius 3 is 2.59 bits per heavy atom. The van der Waals surface area contributed by atoms with E-state index in [1.807, 2.05) is 12.1 Å². The monoisotopic (exact) mass is 251 g/mol. The minimum Gasteiger partial charge on any atom is -0.340 e. The summed E-state index contributed by atoms with van der Waals surface area (Å²) < 4.78 is 25.9. The summed E-state index contributed by atoms with van der Waals surface area (Å²) in [5.74, 6) is -0.974. The number of carbonyl (C=O) groups is 1. The SMILES string of the molecule is CS(=O)(=O)OC(=O)c1ccc2ccccc2n1. The molecule has 0 atom stereocenters. The van der Waals surface area contributed by atoms with Gasteiger partial charge in [0.15, 0.2) is 0 Å². The number of aromatic nitrogens is 1. The molecule has 0 saturated carbocycles. The summed E-state index contributed by atoms with van der Waals surface area (Å²) in [5.41, 5.74) is 0.574. The van der Waals surface area contributed by atoms with Crippen molar-refractivity contribution in [3.63, 3.8) is 0 Å². The van der Waals surface area contributed by atoms with Crippen molar-refractivity contribution in [1.29, 1.82) is 0 Å². The lowest BCUT2D eigenvalue weighted by Gasteiger charge is -2.02. The molecule has 88 valence electrons. The highest BCUT2D eigenvalue weighted by molar-refractivity contribution is 7.86. The molecule has 0 N–H and O–H groups in total. The highest BCUT2D eigenvalue weighted by atomic mass is 32.2. The Hall–Kier alpha value is -1.95. The van der Waals surface area contributed by atoms with Crippen LogP contribution in [0.15, 0.2) is 36.4 Å². The second kappa shape index (κ2) is 4.14. The molecule has 5 nitrogen and oxygen atoms in total. The molecule has 0 radical (unpaired) electrons. The second-order valence-electron chi connectivity index (χ2n) is 3.46. The fraction of sp³-hybridized carbons (Fsp3) is 0.0909. The molecule has 0 bridgehead atoms. The highest BCUT2D eigenvalue weighted by Crippen LogP contribution is 2.12. The zero-order valence-electron chi connectivity index (χ0n) is 8.95. The predicted octanol–water partition coefficient (Wildman–Crippen LogP) is 1.35. The fourth-order valence-corrected chi connectivity index (χ4v) is 1.72. The van der Waals surface area contributed by atoms with Crippen LogP contribution in [0, 0.1) is 0 Å². The number of nitrogens with zero attached hydrogens (tertiary/aromatic N) is 1. The summed E-state index contributed by atoms with van der Waals surface area (Å²) in [6.07, 6.45) is 0.811. The van der Waals surface area contributed by atoms with Gasteiger partial charge in [-0.1, -0.05) is 24.3 Å². The van der Waals surface area contributed by atoms with Gasteiger partial charge in [-0.2, -0.15) is 8.42 Å². The van der Waals surface area contributed by atoms with Gasteiger partial charge in [-0.05, 0) is 12.1 Å². The van der Waals surface area contributed by atoms with E-state index in [0.717, 1.165) is 11.6 Å². The molecular formula is C11H9NO4S. The average molecular weight is 251 g/mol. The van der Waals surface area contributed by atoms with E-state index in [2.05, 4.69) is 9.17 Å². The fourth-order valence-electron chi connectivity index (χ4n) is 1.36. The van der Waals surface area contributed by atoms with Crippen molar-refractivity contribution in [2.45, 2.75) is 0 Å². The van der Waals surface area contributed by atoms with Crippen molar-refractivity contribution >= 4 is 27.0 Å². The average Bonchev–Trinajstić information content (AvgIpc) is 2.26. The maximum absolute atomic E-state index is 11.4. The lowest BCUT2D eigenvalue weighted by Crippen LogP contribution is -2.12. The van der Waals surface area contributed by atoms with Gasteiger partial charge in [-0.3, -0.25) is 0 Å². The van der Waals surface area contributed by atoms with E-state index in [4.69, 9.17) is 0 Å². The summed E-state index contributed by atoms with van der Waals surface area (Å²) in [4.78, 5) is 15.5. The smallest absolute Gasteiger partial charge is 0.340 e. The topological polar surface area (TPSA) is 73.3 Å². The van der Waals surface area contributed by atoms with Gasteiger partial charge in [0.2, 0.25) is 0 Å². The van der Waals surface area contributed by atoms with Gasteiger partial charge in [0.25, 0.3) is 0 Å². The minimum absolute atomic E-state index is 0.0332. The number of fused-ring (bicyclic) bond motifs is 1. The molecule has 1 heterocycles. The number of carbonyl (C=O) groups excluding carboxylic acids is 1. The Balaban J connectivity index is 2.40. The summed E-state index contributed by atoms with van der Waals surface area (Å²) >= 11 is 0. The molecule has 2 rings (SSSR count). The molecule has 2 aromatic rings. The number of rotatable bonds is 2. The number of para-hydroxylation sites is 1. The van der Waals surface area contributed by atoms with E-state index >= 15 is 0 Å². The largest absolute Gasteiger partial charge is 0.372 e. The van der Waals surface area contributed by atoms with Crippen LogP contribution < -0.4 is 0 Å². The van der Waals surface area contributed by atoms with Crippen LogP contribution in [-0.2, 0) is 14.3 Å². The van der Waals surface area contributed by atoms with Gasteiger partial charge >= 0.3 is 16.1 Å². The Morgan fingerprint density at radius 2 is 1.88 bits per heavy atom. The van der Waals surface area contributed by atoms with E-state index < -0.39 is 16.1 Å². The molecule has 1 aromatic heterocycles. The molecule has 0 unspecified atom stereocenters. The summed E-state index contributed by atoms with van der Waals surface area (Å²) in [5, 5.41) is 0.864. The summed E-state index contributed by atoms with van der Waals surface area (Å²) in [6.45, 7) is 0. The van der Waals surface area contributed by atoms with Crippen LogP contribution in [0.5, 0.6) is 0 Å². The van der Waals surface area contributed by atoms with E-state index in [9.17, 15) is 13.2 Å². The third kappa shape index (κ3) is 2.79. The zero-order chi connectivity index (χ0) is 12.5. The number of pyridine rings is 1. The van der Waals surface area contributed by atoms with Gasteiger partial charge in [-0.15, -0.1) is 0 Å². The molecule has 0 amide bonds. The third-order valence-electron chi connectivity index (χ3n) is 2.03. The van der Waals surface area contributed by atoms with E-state index in [0.29, 0.717) is 5.52 Å². The number of benzene rings is 1. The number of hydrogen-bond donors (Lipinski definition) is 0. The first-order chi connectivity index (χ1) is 7.96. The zero-order valence-corrected chi connectivity index (χ0v) is 9.77. The van der Waals surface area contributed by atoms with Gasteiger partial charge in [0.1, 0.15) is 5.69 Å². The van der Waals surface area contributed by atoms with Crippen LogP contribution in [0.2, 0.25) is 0 Å².